The van der Waals surface area contributed by atoms with E-state index in [9.17, 15) is 9.59 Å². The fourth-order valence-corrected chi connectivity index (χ4v) is 2.36. The largest absolute Gasteiger partial charge is 0.395 e. The summed E-state index contributed by atoms with van der Waals surface area (Å²) in [6.45, 7) is 0.360. The predicted octanol–water partition coefficient (Wildman–Crippen LogP) is 0.882. The third kappa shape index (κ3) is 3.47. The Balaban J connectivity index is 2.31. The number of aliphatic hydroxyl groups excluding tert-OH is 1. The summed E-state index contributed by atoms with van der Waals surface area (Å²) in [6.07, 6.45) is 1.47. The average molecular weight is 315 g/mol. The van der Waals surface area contributed by atoms with Gasteiger partial charge in [-0.1, -0.05) is 0 Å². The van der Waals surface area contributed by atoms with Gasteiger partial charge in [0.05, 0.1) is 17.2 Å². The number of carbonyl (C=O) groups is 2. The first-order valence-electron chi connectivity index (χ1n) is 5.61. The van der Waals surface area contributed by atoms with Crippen molar-refractivity contribution in [3.8, 4) is 0 Å². The first kappa shape index (κ1) is 14.8. The van der Waals surface area contributed by atoms with Crippen LogP contribution in [0, 0.1) is 0 Å². The highest BCUT2D eigenvalue weighted by Crippen LogP contribution is 2.26. The quantitative estimate of drug-likeness (QED) is 0.629. The molecule has 1 aromatic heterocycles. The zero-order chi connectivity index (χ0) is 14.7. The van der Waals surface area contributed by atoms with Crippen LogP contribution in [0.5, 0.6) is 0 Å². The summed E-state index contributed by atoms with van der Waals surface area (Å²) < 4.78 is 0. The summed E-state index contributed by atoms with van der Waals surface area (Å²) >= 11 is 6.63. The number of amides is 2. The lowest BCUT2D eigenvalue weighted by Crippen LogP contribution is -2.22. The van der Waals surface area contributed by atoms with Crippen LogP contribution in [0.15, 0.2) is 11.0 Å². The van der Waals surface area contributed by atoms with Gasteiger partial charge < -0.3 is 10.0 Å². The number of aromatic nitrogens is 2. The van der Waals surface area contributed by atoms with Crippen molar-refractivity contribution in [2.45, 2.75) is 0 Å². The number of halogens is 1. The molecule has 9 heteroatoms. The lowest BCUT2D eigenvalue weighted by Gasteiger charge is -2.16. The number of anilines is 1. The zero-order valence-corrected chi connectivity index (χ0v) is 12.0. The number of hydrogen-bond donors (Lipinski definition) is 2. The molecule has 1 fully saturated rings. The van der Waals surface area contributed by atoms with Crippen LogP contribution >= 0.6 is 23.4 Å². The second-order valence-corrected chi connectivity index (χ2v) is 5.27. The molecule has 7 nitrogen and oxygen atoms in total. The minimum absolute atomic E-state index is 0.0221. The molecule has 0 aromatic carbocycles. The highest BCUT2D eigenvalue weighted by Gasteiger charge is 2.25. The van der Waals surface area contributed by atoms with Crippen LogP contribution in [-0.2, 0) is 4.79 Å². The molecule has 0 atom stereocenters. The summed E-state index contributed by atoms with van der Waals surface area (Å²) in [6, 6.07) is 1.62. The molecule has 0 spiro atoms. The molecular weight excluding hydrogens is 304 g/mol. The van der Waals surface area contributed by atoms with Gasteiger partial charge in [0.2, 0.25) is 5.28 Å². The maximum absolute atomic E-state index is 11.5. The number of aliphatic hydroxyl groups is 1. The molecule has 2 heterocycles. The smallest absolute Gasteiger partial charge is 0.290 e. The Morgan fingerprint density at radius 2 is 2.25 bits per heavy atom. The number of rotatable bonds is 4. The van der Waals surface area contributed by atoms with E-state index in [0.29, 0.717) is 18.1 Å². The van der Waals surface area contributed by atoms with E-state index in [2.05, 4.69) is 15.3 Å². The van der Waals surface area contributed by atoms with Crippen molar-refractivity contribution >= 4 is 46.4 Å². The standard InChI is InChI=1S/C11H11ClN4O3S/c1-16(2-3-17)8-5-6(13-10(12)14-8)4-7-9(18)15-11(19)20-7/h4-5,17H,2-3H2,1H3,(H,15,18,19). The van der Waals surface area contributed by atoms with Crippen molar-refractivity contribution in [2.24, 2.45) is 0 Å². The summed E-state index contributed by atoms with van der Waals surface area (Å²) in [4.78, 5) is 32.5. The van der Waals surface area contributed by atoms with Gasteiger partial charge >= 0.3 is 0 Å². The summed E-state index contributed by atoms with van der Waals surface area (Å²) in [5.74, 6) is 0.0561. The minimum Gasteiger partial charge on any atom is -0.395 e. The Morgan fingerprint density at radius 1 is 1.50 bits per heavy atom. The molecule has 1 aromatic rings. The third-order valence-electron chi connectivity index (χ3n) is 2.45. The van der Waals surface area contributed by atoms with E-state index in [4.69, 9.17) is 16.7 Å². The van der Waals surface area contributed by atoms with Gasteiger partial charge in [0.25, 0.3) is 11.1 Å². The third-order valence-corrected chi connectivity index (χ3v) is 3.43. The van der Waals surface area contributed by atoms with Gasteiger partial charge in [0, 0.05) is 19.7 Å². The highest BCUT2D eigenvalue weighted by atomic mass is 35.5. The Bertz CT molecular complexity index is 593. The molecule has 0 aliphatic carbocycles. The lowest BCUT2D eigenvalue weighted by atomic mass is 10.3. The second-order valence-electron chi connectivity index (χ2n) is 3.92. The van der Waals surface area contributed by atoms with Gasteiger partial charge in [-0.25, -0.2) is 9.97 Å². The van der Waals surface area contributed by atoms with Crippen molar-refractivity contribution < 1.29 is 14.7 Å². The predicted molar refractivity (Wildman–Crippen MR) is 76.5 cm³/mol. The monoisotopic (exact) mass is 314 g/mol. The van der Waals surface area contributed by atoms with Crippen molar-refractivity contribution in [3.63, 3.8) is 0 Å². The van der Waals surface area contributed by atoms with Crippen LogP contribution in [0.25, 0.3) is 6.08 Å². The summed E-state index contributed by atoms with van der Waals surface area (Å²) in [7, 11) is 1.74. The minimum atomic E-state index is -0.458. The second kappa shape index (κ2) is 6.21. The van der Waals surface area contributed by atoms with Crippen LogP contribution in [0.2, 0.25) is 5.28 Å². The topological polar surface area (TPSA) is 95.4 Å². The van der Waals surface area contributed by atoms with Crippen molar-refractivity contribution in [1.82, 2.24) is 15.3 Å². The normalized spacial score (nSPS) is 16.6. The van der Waals surface area contributed by atoms with Gasteiger partial charge in [-0.15, -0.1) is 0 Å². The van der Waals surface area contributed by atoms with E-state index in [0.717, 1.165) is 11.8 Å². The number of carbonyl (C=O) groups excluding carboxylic acids is 2. The molecule has 1 aliphatic heterocycles. The SMILES string of the molecule is CN(CCO)c1cc(C=C2SC(=O)NC2=O)nc(Cl)n1. The van der Waals surface area contributed by atoms with E-state index in [1.807, 2.05) is 0 Å². The Kier molecular flexibility index (Phi) is 4.58. The zero-order valence-electron chi connectivity index (χ0n) is 10.5. The number of hydrogen-bond acceptors (Lipinski definition) is 7. The summed E-state index contributed by atoms with van der Waals surface area (Å²) in [5, 5.41) is 10.7. The van der Waals surface area contributed by atoms with Gasteiger partial charge in [-0.05, 0) is 29.4 Å². The molecule has 0 radical (unpaired) electrons. The fraction of sp³-hybridized carbons (Fsp3) is 0.273. The van der Waals surface area contributed by atoms with Gasteiger partial charge in [0.1, 0.15) is 5.82 Å². The molecule has 20 heavy (non-hydrogen) atoms. The summed E-state index contributed by atoms with van der Waals surface area (Å²) in [5.41, 5.74) is 0.414. The first-order chi connectivity index (χ1) is 9.49. The molecular formula is C11H11ClN4O3S. The number of likely N-dealkylation sites (N-methyl/N-ethyl adjacent to an activating group) is 1. The molecule has 106 valence electrons. The van der Waals surface area contributed by atoms with Crippen LogP contribution in [-0.4, -0.2) is 46.4 Å². The van der Waals surface area contributed by atoms with Crippen LogP contribution in [0.1, 0.15) is 5.69 Å². The molecule has 1 saturated heterocycles. The number of nitrogens with zero attached hydrogens (tertiary/aromatic N) is 3. The van der Waals surface area contributed by atoms with Gasteiger partial charge in [-0.2, -0.15) is 0 Å². The van der Waals surface area contributed by atoms with Crippen LogP contribution in [0.3, 0.4) is 0 Å². The van der Waals surface area contributed by atoms with E-state index < -0.39 is 11.1 Å². The molecule has 2 rings (SSSR count). The Morgan fingerprint density at radius 3 is 2.85 bits per heavy atom. The molecule has 2 amide bonds. The number of nitrogens with one attached hydrogen (secondary N) is 1. The van der Waals surface area contributed by atoms with Crippen molar-refractivity contribution in [3.05, 3.63) is 21.9 Å². The average Bonchev–Trinajstić information content (AvgIpc) is 2.67. The highest BCUT2D eigenvalue weighted by molar-refractivity contribution is 8.18. The molecule has 1 aliphatic rings. The molecule has 0 bridgehead atoms. The fourth-order valence-electron chi connectivity index (χ4n) is 1.51. The Labute approximate surface area is 124 Å². The molecule has 2 N–H and O–H groups in total. The maximum Gasteiger partial charge on any atom is 0.290 e. The van der Waals surface area contributed by atoms with E-state index in [1.165, 1.54) is 6.08 Å². The van der Waals surface area contributed by atoms with Crippen LogP contribution in [0.4, 0.5) is 10.6 Å². The molecule has 0 unspecified atom stereocenters. The lowest BCUT2D eigenvalue weighted by molar-refractivity contribution is -0.115. The number of thioether (sulfide) groups is 1. The van der Waals surface area contributed by atoms with E-state index >= 15 is 0 Å². The number of imide groups is 1. The maximum atomic E-state index is 11.5. The Hall–Kier alpha value is -1.64. The van der Waals surface area contributed by atoms with Crippen molar-refractivity contribution in [1.29, 1.82) is 0 Å². The van der Waals surface area contributed by atoms with Crippen LogP contribution < -0.4 is 10.2 Å². The van der Waals surface area contributed by atoms with Crippen molar-refractivity contribution in [2.75, 3.05) is 25.1 Å². The van der Waals surface area contributed by atoms with E-state index in [-0.39, 0.29) is 16.8 Å². The molecule has 0 saturated carbocycles. The van der Waals surface area contributed by atoms with Gasteiger partial charge in [0.15, 0.2) is 0 Å². The first-order valence-corrected chi connectivity index (χ1v) is 6.80. The van der Waals surface area contributed by atoms with Gasteiger partial charge in [-0.3, -0.25) is 14.9 Å². The van der Waals surface area contributed by atoms with E-state index in [1.54, 1.807) is 18.0 Å².